The van der Waals surface area contributed by atoms with Gasteiger partial charge < -0.3 is 21.7 Å². The molecule has 1 rings (SSSR count). The minimum atomic E-state index is -1.88. The van der Waals surface area contributed by atoms with Gasteiger partial charge in [-0.1, -0.05) is 65.1 Å². The van der Waals surface area contributed by atoms with Crippen LogP contribution in [0.3, 0.4) is 0 Å². The molecule has 0 heterocycles. The smallest absolute Gasteiger partial charge is 0.245 e. The molecule has 0 aliphatic heterocycles. The summed E-state index contributed by atoms with van der Waals surface area (Å²) in [5.74, 6) is -1.11. The van der Waals surface area contributed by atoms with Crippen LogP contribution < -0.4 is 21.7 Å². The summed E-state index contributed by atoms with van der Waals surface area (Å²) in [7, 11) is 0. The lowest BCUT2D eigenvalue weighted by atomic mass is 10.2. The quantitative estimate of drug-likeness (QED) is 0.247. The van der Waals surface area contributed by atoms with Crippen molar-refractivity contribution < 1.29 is 9.59 Å². The van der Waals surface area contributed by atoms with Crippen LogP contribution in [0.4, 0.5) is 0 Å². The van der Waals surface area contributed by atoms with E-state index < -0.39 is 21.8 Å². The summed E-state index contributed by atoms with van der Waals surface area (Å²) in [6, 6.07) is 9.20. The first kappa shape index (κ1) is 20.5. The van der Waals surface area contributed by atoms with Gasteiger partial charge >= 0.3 is 0 Å². The summed E-state index contributed by atoms with van der Waals surface area (Å²) in [4.78, 5) is 22.7. The summed E-state index contributed by atoms with van der Waals surface area (Å²) in [5.41, 5.74) is 5.82. The average Bonchev–Trinajstić information content (AvgIpc) is 2.50. The number of carbonyl (C=O) groups excluding carboxylic acids is 2. The predicted molar refractivity (Wildman–Crippen MR) is 101 cm³/mol. The zero-order valence-corrected chi connectivity index (χ0v) is 15.3. The standard InChI is InChI=1S/C14H15Cl3N4O2S/c15-14(16,17)12(21-13(24)19-8-10(18)22)20-11(23)7-6-9-4-2-1-3-5-9/h1-7,12H,8H2,(H2,18,22)(H,20,23)(H2,19,21,24). The molecular formula is C14H15Cl3N4O2S. The van der Waals surface area contributed by atoms with Crippen molar-refractivity contribution in [2.24, 2.45) is 5.73 Å². The van der Waals surface area contributed by atoms with Crippen LogP contribution in [0, 0.1) is 0 Å². The molecule has 1 aromatic rings. The van der Waals surface area contributed by atoms with Crippen molar-refractivity contribution in [3.63, 3.8) is 0 Å². The summed E-state index contributed by atoms with van der Waals surface area (Å²) >= 11 is 22.4. The minimum absolute atomic E-state index is 0.00235. The van der Waals surface area contributed by atoms with Crippen LogP contribution in [0.1, 0.15) is 5.56 Å². The number of nitrogens with two attached hydrogens (primary N) is 1. The molecule has 130 valence electrons. The van der Waals surface area contributed by atoms with E-state index in [1.807, 2.05) is 30.3 Å². The summed E-state index contributed by atoms with van der Waals surface area (Å²) in [5, 5.41) is 7.58. The second kappa shape index (κ2) is 9.68. The van der Waals surface area contributed by atoms with Gasteiger partial charge in [0.15, 0.2) is 5.11 Å². The van der Waals surface area contributed by atoms with E-state index in [1.165, 1.54) is 6.08 Å². The highest BCUT2D eigenvalue weighted by atomic mass is 35.6. The fraction of sp³-hybridized carbons (Fsp3) is 0.214. The molecular weight excluding hydrogens is 395 g/mol. The van der Waals surface area contributed by atoms with Gasteiger partial charge in [-0.25, -0.2) is 0 Å². The second-order valence-electron chi connectivity index (χ2n) is 4.52. The lowest BCUT2D eigenvalue weighted by Gasteiger charge is -2.27. The Balaban J connectivity index is 2.65. The maximum Gasteiger partial charge on any atom is 0.245 e. The number of nitrogens with one attached hydrogen (secondary N) is 3. The lowest BCUT2D eigenvalue weighted by molar-refractivity contribution is -0.118. The molecule has 0 aliphatic carbocycles. The Morgan fingerprint density at radius 3 is 2.38 bits per heavy atom. The third-order valence-corrected chi connectivity index (χ3v) is 3.46. The third kappa shape index (κ3) is 8.35. The number of thiocarbonyl (C=S) groups is 1. The van der Waals surface area contributed by atoms with E-state index in [1.54, 1.807) is 6.08 Å². The first-order valence-electron chi connectivity index (χ1n) is 6.61. The molecule has 0 radical (unpaired) electrons. The Kier molecular flexibility index (Phi) is 8.27. The number of carbonyl (C=O) groups is 2. The Morgan fingerprint density at radius 2 is 1.83 bits per heavy atom. The molecule has 0 saturated carbocycles. The van der Waals surface area contributed by atoms with Crippen molar-refractivity contribution in [3.8, 4) is 0 Å². The van der Waals surface area contributed by atoms with E-state index in [2.05, 4.69) is 16.0 Å². The molecule has 0 saturated heterocycles. The van der Waals surface area contributed by atoms with Gasteiger partial charge in [0.2, 0.25) is 15.6 Å². The molecule has 1 aromatic carbocycles. The Bertz CT molecular complexity index is 620. The number of alkyl halides is 3. The molecule has 0 fully saturated rings. The largest absolute Gasteiger partial charge is 0.368 e. The Hall–Kier alpha value is -1.54. The van der Waals surface area contributed by atoms with Gasteiger partial charge in [-0.3, -0.25) is 9.59 Å². The van der Waals surface area contributed by atoms with Crippen LogP contribution in [-0.4, -0.2) is 33.4 Å². The van der Waals surface area contributed by atoms with Crippen molar-refractivity contribution in [1.29, 1.82) is 0 Å². The SMILES string of the molecule is NC(=O)CNC(=S)NC(NC(=O)C=Cc1ccccc1)C(Cl)(Cl)Cl. The fourth-order valence-corrected chi connectivity index (χ4v) is 1.99. The van der Waals surface area contributed by atoms with Crippen molar-refractivity contribution >= 4 is 70.0 Å². The van der Waals surface area contributed by atoms with E-state index in [0.29, 0.717) is 0 Å². The van der Waals surface area contributed by atoms with Gasteiger partial charge in [-0.05, 0) is 23.9 Å². The number of hydrogen-bond donors (Lipinski definition) is 4. The van der Waals surface area contributed by atoms with Crippen molar-refractivity contribution in [3.05, 3.63) is 42.0 Å². The molecule has 24 heavy (non-hydrogen) atoms. The summed E-state index contributed by atoms with van der Waals surface area (Å²) in [6.45, 7) is -0.194. The number of primary amides is 1. The second-order valence-corrected chi connectivity index (χ2v) is 7.30. The van der Waals surface area contributed by atoms with Crippen molar-refractivity contribution in [2.75, 3.05) is 6.54 Å². The number of halogens is 3. The highest BCUT2D eigenvalue weighted by Crippen LogP contribution is 2.29. The van der Waals surface area contributed by atoms with E-state index in [-0.39, 0.29) is 11.7 Å². The van der Waals surface area contributed by atoms with E-state index in [4.69, 9.17) is 52.8 Å². The molecule has 1 unspecified atom stereocenters. The predicted octanol–water partition coefficient (Wildman–Crippen LogP) is 1.46. The Morgan fingerprint density at radius 1 is 1.21 bits per heavy atom. The van der Waals surface area contributed by atoms with Crippen molar-refractivity contribution in [1.82, 2.24) is 16.0 Å². The van der Waals surface area contributed by atoms with Gasteiger partial charge in [0, 0.05) is 6.08 Å². The maximum absolute atomic E-state index is 12.0. The fourth-order valence-electron chi connectivity index (χ4n) is 1.48. The first-order chi connectivity index (χ1) is 11.2. The first-order valence-corrected chi connectivity index (χ1v) is 8.15. The van der Waals surface area contributed by atoms with Crippen LogP contribution >= 0.6 is 47.0 Å². The topological polar surface area (TPSA) is 96.2 Å². The van der Waals surface area contributed by atoms with E-state index >= 15 is 0 Å². The minimum Gasteiger partial charge on any atom is -0.368 e. The molecule has 2 amide bonds. The summed E-state index contributed by atoms with van der Waals surface area (Å²) < 4.78 is -1.88. The highest BCUT2D eigenvalue weighted by molar-refractivity contribution is 7.80. The van der Waals surface area contributed by atoms with E-state index in [0.717, 1.165) is 5.56 Å². The van der Waals surface area contributed by atoms with Gasteiger partial charge in [0.1, 0.15) is 6.17 Å². The monoisotopic (exact) mass is 408 g/mol. The van der Waals surface area contributed by atoms with Crippen LogP contribution in [0.15, 0.2) is 36.4 Å². The number of hydrogen-bond acceptors (Lipinski definition) is 3. The van der Waals surface area contributed by atoms with E-state index in [9.17, 15) is 9.59 Å². The van der Waals surface area contributed by atoms with Crippen molar-refractivity contribution in [2.45, 2.75) is 9.96 Å². The van der Waals surface area contributed by atoms with Crippen LogP contribution in [0.2, 0.25) is 0 Å². The van der Waals surface area contributed by atoms with Gasteiger partial charge in [-0.2, -0.15) is 0 Å². The number of amides is 2. The molecule has 0 aliphatic rings. The van der Waals surface area contributed by atoms with Crippen LogP contribution in [0.25, 0.3) is 6.08 Å². The molecule has 0 aromatic heterocycles. The molecule has 10 heteroatoms. The normalized spacial score (nSPS) is 12.5. The number of rotatable bonds is 6. The highest BCUT2D eigenvalue weighted by Gasteiger charge is 2.34. The molecule has 0 spiro atoms. The van der Waals surface area contributed by atoms with Gasteiger partial charge in [-0.15, -0.1) is 0 Å². The van der Waals surface area contributed by atoms with Gasteiger partial charge in [0.25, 0.3) is 0 Å². The zero-order valence-electron chi connectivity index (χ0n) is 12.3. The molecule has 6 nitrogen and oxygen atoms in total. The van der Waals surface area contributed by atoms with Gasteiger partial charge in [0.05, 0.1) is 6.54 Å². The third-order valence-electron chi connectivity index (χ3n) is 2.54. The lowest BCUT2D eigenvalue weighted by Crippen LogP contribution is -2.57. The van der Waals surface area contributed by atoms with Crippen LogP contribution in [-0.2, 0) is 9.59 Å². The summed E-state index contributed by atoms with van der Waals surface area (Å²) in [6.07, 6.45) is 1.78. The zero-order chi connectivity index (χ0) is 18.2. The Labute approximate surface area is 159 Å². The van der Waals surface area contributed by atoms with Crippen LogP contribution in [0.5, 0.6) is 0 Å². The molecule has 1 atom stereocenters. The average molecular weight is 410 g/mol. The molecule has 0 bridgehead atoms. The number of benzene rings is 1. The maximum atomic E-state index is 12.0. The molecule has 5 N–H and O–H groups in total.